The van der Waals surface area contributed by atoms with Crippen molar-refractivity contribution < 1.29 is 30.8 Å². The molecule has 2 aromatic rings. The largest absolute Gasteiger partial charge is 0.459 e. The number of benzene rings is 1. The minimum absolute atomic E-state index is 0.105. The molecule has 0 saturated heterocycles. The normalized spacial score (nSPS) is 14.9. The molecule has 0 aliphatic carbocycles. The molecule has 0 aliphatic heterocycles. The van der Waals surface area contributed by atoms with E-state index in [0.29, 0.717) is 0 Å². The smallest absolute Gasteiger partial charge is 0.402 e. The van der Waals surface area contributed by atoms with Crippen LogP contribution in [0.2, 0.25) is 5.02 Å². The van der Waals surface area contributed by atoms with Crippen molar-refractivity contribution in [1.29, 1.82) is 0 Å². The quantitative estimate of drug-likeness (QED) is 0.801. The second kappa shape index (κ2) is 5.10. The number of hydrogen-bond donors (Lipinski definition) is 1. The molecule has 1 unspecified atom stereocenters. The van der Waals surface area contributed by atoms with Gasteiger partial charge in [0.15, 0.2) is 5.92 Å². The third kappa shape index (κ3) is 3.26. The lowest BCUT2D eigenvalue weighted by atomic mass is 9.97. The lowest BCUT2D eigenvalue weighted by molar-refractivity contribution is -0.291. The molecule has 0 spiro atoms. The van der Waals surface area contributed by atoms with Gasteiger partial charge in [0.2, 0.25) is 0 Å². The Hall–Kier alpha value is -1.41. The summed E-state index contributed by atoms with van der Waals surface area (Å²) in [5.41, 5.74) is 5.25. The highest BCUT2D eigenvalue weighted by Gasteiger charge is 2.60. The molecule has 2 nitrogen and oxygen atoms in total. The average molecular weight is 332 g/mol. The Bertz CT molecular complexity index is 633. The number of hydrogen-bond acceptors (Lipinski definition) is 2. The second-order valence-electron chi connectivity index (χ2n) is 4.42. The lowest BCUT2D eigenvalue weighted by Crippen LogP contribution is -2.43. The predicted octanol–water partition coefficient (Wildman–Crippen LogP) is 4.83. The van der Waals surface area contributed by atoms with E-state index in [2.05, 4.69) is 0 Å². The van der Waals surface area contributed by atoms with Crippen LogP contribution < -0.4 is 5.73 Å². The molecular formula is C12H8ClF6NO. The molecule has 116 valence electrons. The van der Waals surface area contributed by atoms with Crippen LogP contribution in [0.4, 0.5) is 26.3 Å². The van der Waals surface area contributed by atoms with E-state index >= 15 is 0 Å². The molecule has 1 aromatic carbocycles. The molecule has 9 heteroatoms. The first-order valence-corrected chi connectivity index (χ1v) is 5.96. The molecule has 1 atom stereocenters. The van der Waals surface area contributed by atoms with Crippen LogP contribution in [-0.4, -0.2) is 12.4 Å². The highest BCUT2D eigenvalue weighted by Crippen LogP contribution is 2.46. The van der Waals surface area contributed by atoms with E-state index in [4.69, 9.17) is 21.8 Å². The molecule has 0 saturated carbocycles. The van der Waals surface area contributed by atoms with Crippen LogP contribution in [0.5, 0.6) is 0 Å². The maximum Gasteiger partial charge on any atom is 0.402 e. The van der Waals surface area contributed by atoms with Gasteiger partial charge < -0.3 is 10.2 Å². The third-order valence-corrected chi connectivity index (χ3v) is 3.13. The number of rotatable bonds is 2. The fraction of sp³-hybridized carbons (Fsp3) is 0.333. The van der Waals surface area contributed by atoms with Crippen LogP contribution in [0.25, 0.3) is 11.0 Å². The summed E-state index contributed by atoms with van der Waals surface area (Å²) in [6.45, 7) is 0. The Morgan fingerprint density at radius 3 is 2.10 bits per heavy atom. The monoisotopic (exact) mass is 331 g/mol. The van der Waals surface area contributed by atoms with Crippen molar-refractivity contribution in [2.24, 2.45) is 11.7 Å². The van der Waals surface area contributed by atoms with Gasteiger partial charge in [-0.25, -0.2) is 0 Å². The molecule has 1 aromatic heterocycles. The Morgan fingerprint density at radius 2 is 1.57 bits per heavy atom. The number of furan rings is 1. The van der Waals surface area contributed by atoms with Crippen molar-refractivity contribution in [3.05, 3.63) is 35.0 Å². The number of halogens is 7. The fourth-order valence-electron chi connectivity index (χ4n) is 1.96. The summed E-state index contributed by atoms with van der Waals surface area (Å²) >= 11 is 5.68. The standard InChI is InChI=1S/C12H8ClF6NO/c13-6-1-2-7-5(3-6)4-8(21-7)9(20)10(11(14,15)16)12(17,18)19/h1-4,9-10H,20H2. The molecule has 0 fully saturated rings. The van der Waals surface area contributed by atoms with Crippen molar-refractivity contribution in [3.8, 4) is 0 Å². The first-order valence-electron chi connectivity index (χ1n) is 5.58. The van der Waals surface area contributed by atoms with Gasteiger partial charge in [0.05, 0.1) is 6.04 Å². The summed E-state index contributed by atoms with van der Waals surface area (Å²) in [5, 5.41) is 0.544. The Balaban J connectivity index is 2.46. The minimum Gasteiger partial charge on any atom is -0.459 e. The van der Waals surface area contributed by atoms with Crippen molar-refractivity contribution in [2.45, 2.75) is 18.4 Å². The maximum absolute atomic E-state index is 12.6. The molecule has 1 heterocycles. The van der Waals surface area contributed by atoms with Crippen LogP contribution in [-0.2, 0) is 0 Å². The lowest BCUT2D eigenvalue weighted by Gasteiger charge is -2.26. The van der Waals surface area contributed by atoms with Gasteiger partial charge in [-0.1, -0.05) is 11.6 Å². The highest BCUT2D eigenvalue weighted by molar-refractivity contribution is 6.31. The molecule has 0 bridgehead atoms. The van der Waals surface area contributed by atoms with Crippen molar-refractivity contribution in [1.82, 2.24) is 0 Å². The van der Waals surface area contributed by atoms with Crippen LogP contribution in [0.3, 0.4) is 0 Å². The van der Waals surface area contributed by atoms with E-state index in [1.54, 1.807) is 0 Å². The molecule has 0 amide bonds. The van der Waals surface area contributed by atoms with Crippen molar-refractivity contribution >= 4 is 22.6 Å². The van der Waals surface area contributed by atoms with Crippen molar-refractivity contribution in [3.63, 3.8) is 0 Å². The zero-order valence-electron chi connectivity index (χ0n) is 10.1. The van der Waals surface area contributed by atoms with E-state index in [1.807, 2.05) is 0 Å². The SMILES string of the molecule is NC(c1cc2cc(Cl)ccc2o1)C(C(F)(F)F)C(F)(F)F. The van der Waals surface area contributed by atoms with Crippen LogP contribution in [0.1, 0.15) is 11.8 Å². The minimum atomic E-state index is -5.53. The predicted molar refractivity (Wildman–Crippen MR) is 63.8 cm³/mol. The number of fused-ring (bicyclic) bond motifs is 1. The van der Waals surface area contributed by atoms with Crippen LogP contribution >= 0.6 is 11.6 Å². The van der Waals surface area contributed by atoms with Gasteiger partial charge >= 0.3 is 12.4 Å². The summed E-state index contributed by atoms with van der Waals surface area (Å²) in [6, 6.07) is 2.72. The van der Waals surface area contributed by atoms with Gasteiger partial charge in [0.25, 0.3) is 0 Å². The van der Waals surface area contributed by atoms with Crippen LogP contribution in [0, 0.1) is 5.92 Å². The fourth-order valence-corrected chi connectivity index (χ4v) is 2.14. The number of alkyl halides is 6. The topological polar surface area (TPSA) is 39.2 Å². The van der Waals surface area contributed by atoms with Gasteiger partial charge in [-0.2, -0.15) is 26.3 Å². The summed E-state index contributed by atoms with van der Waals surface area (Å²) < 4.78 is 80.6. The van der Waals surface area contributed by atoms with Crippen LogP contribution in [0.15, 0.2) is 28.7 Å². The summed E-state index contributed by atoms with van der Waals surface area (Å²) in [6.07, 6.45) is -11.1. The van der Waals surface area contributed by atoms with Gasteiger partial charge in [-0.3, -0.25) is 0 Å². The van der Waals surface area contributed by atoms with E-state index < -0.39 is 30.1 Å². The van der Waals surface area contributed by atoms with Crippen molar-refractivity contribution in [2.75, 3.05) is 0 Å². The van der Waals surface area contributed by atoms with Gasteiger partial charge in [-0.05, 0) is 24.3 Å². The zero-order valence-corrected chi connectivity index (χ0v) is 10.9. The summed E-state index contributed by atoms with van der Waals surface area (Å²) in [7, 11) is 0. The Kier molecular flexibility index (Phi) is 3.88. The Morgan fingerprint density at radius 1 is 1.00 bits per heavy atom. The zero-order chi connectivity index (χ0) is 16.0. The van der Waals surface area contributed by atoms with Gasteiger partial charge in [-0.15, -0.1) is 0 Å². The third-order valence-electron chi connectivity index (χ3n) is 2.89. The molecule has 21 heavy (non-hydrogen) atoms. The molecule has 0 radical (unpaired) electrons. The molecule has 0 aliphatic rings. The van der Waals surface area contributed by atoms with Gasteiger partial charge in [0, 0.05) is 10.4 Å². The first-order chi connectivity index (χ1) is 9.50. The van der Waals surface area contributed by atoms with E-state index in [-0.39, 0.29) is 16.0 Å². The average Bonchev–Trinajstić information content (AvgIpc) is 2.67. The van der Waals surface area contributed by atoms with Gasteiger partial charge in [0.1, 0.15) is 11.3 Å². The summed E-state index contributed by atoms with van der Waals surface area (Å²) in [5.74, 6) is -4.31. The first kappa shape index (κ1) is 16.0. The number of nitrogens with two attached hydrogens (primary N) is 1. The van der Waals surface area contributed by atoms with E-state index in [9.17, 15) is 26.3 Å². The highest BCUT2D eigenvalue weighted by atomic mass is 35.5. The second-order valence-corrected chi connectivity index (χ2v) is 4.85. The molecular weight excluding hydrogens is 324 g/mol. The molecule has 2 N–H and O–H groups in total. The molecule has 2 rings (SSSR count). The maximum atomic E-state index is 12.6. The summed E-state index contributed by atoms with van der Waals surface area (Å²) in [4.78, 5) is 0. The van der Waals surface area contributed by atoms with E-state index in [1.165, 1.54) is 18.2 Å². The van der Waals surface area contributed by atoms with E-state index in [0.717, 1.165) is 6.07 Å². The Labute approximate surface area is 119 Å².